The number of rotatable bonds is 3. The highest BCUT2D eigenvalue weighted by Crippen LogP contribution is 2.21. The van der Waals surface area contributed by atoms with Crippen LogP contribution in [0.5, 0.6) is 0 Å². The summed E-state index contributed by atoms with van der Waals surface area (Å²) in [5, 5.41) is 3.89. The van der Waals surface area contributed by atoms with Crippen LogP contribution in [0.2, 0.25) is 0 Å². The summed E-state index contributed by atoms with van der Waals surface area (Å²) in [6.45, 7) is 9.98. The van der Waals surface area contributed by atoms with E-state index in [0.29, 0.717) is 12.8 Å². The van der Waals surface area contributed by atoms with Gasteiger partial charge in [-0.15, -0.1) is 0 Å². The standard InChI is InChI=1S/C12H19NO2/c1-8-9(2)15-13-11(8)6-10(14)7-12(3,4)5/h6-7H2,1-5H3. The Hall–Kier alpha value is -1.12. The number of hydrogen-bond acceptors (Lipinski definition) is 3. The van der Waals surface area contributed by atoms with E-state index in [1.54, 1.807) is 0 Å². The van der Waals surface area contributed by atoms with Gasteiger partial charge in [-0.25, -0.2) is 0 Å². The molecule has 0 bridgehead atoms. The van der Waals surface area contributed by atoms with Gasteiger partial charge in [-0.1, -0.05) is 25.9 Å². The first-order chi connectivity index (χ1) is 6.79. The van der Waals surface area contributed by atoms with Crippen LogP contribution in [0, 0.1) is 19.3 Å². The Bertz CT molecular complexity index is 358. The molecule has 0 unspecified atom stereocenters. The second kappa shape index (κ2) is 4.17. The van der Waals surface area contributed by atoms with Crippen molar-refractivity contribution < 1.29 is 9.32 Å². The molecule has 0 saturated carbocycles. The molecule has 3 heteroatoms. The number of nitrogens with zero attached hydrogens (tertiary/aromatic N) is 1. The smallest absolute Gasteiger partial charge is 0.139 e. The van der Waals surface area contributed by atoms with Crippen molar-refractivity contribution in [3.63, 3.8) is 0 Å². The molecule has 0 saturated heterocycles. The monoisotopic (exact) mass is 209 g/mol. The first kappa shape index (κ1) is 12.0. The van der Waals surface area contributed by atoms with E-state index in [4.69, 9.17) is 4.52 Å². The van der Waals surface area contributed by atoms with Crippen LogP contribution in [0.15, 0.2) is 4.52 Å². The van der Waals surface area contributed by atoms with Crippen LogP contribution in [0.4, 0.5) is 0 Å². The molecule has 3 nitrogen and oxygen atoms in total. The van der Waals surface area contributed by atoms with E-state index in [1.165, 1.54) is 0 Å². The van der Waals surface area contributed by atoms with E-state index >= 15 is 0 Å². The number of carbonyl (C=O) groups is 1. The fourth-order valence-corrected chi connectivity index (χ4v) is 1.47. The average molecular weight is 209 g/mol. The van der Waals surface area contributed by atoms with Crippen molar-refractivity contribution in [2.45, 2.75) is 47.5 Å². The Balaban J connectivity index is 2.63. The molecule has 1 rings (SSSR count). The summed E-state index contributed by atoms with van der Waals surface area (Å²) in [5.41, 5.74) is 1.82. The summed E-state index contributed by atoms with van der Waals surface area (Å²) < 4.78 is 5.02. The molecule has 0 aliphatic carbocycles. The van der Waals surface area contributed by atoms with Crippen molar-refractivity contribution in [3.05, 3.63) is 17.0 Å². The molecule has 0 N–H and O–H groups in total. The fraction of sp³-hybridized carbons (Fsp3) is 0.667. The highest BCUT2D eigenvalue weighted by atomic mass is 16.5. The lowest BCUT2D eigenvalue weighted by atomic mass is 9.88. The van der Waals surface area contributed by atoms with Crippen LogP contribution in [0.1, 0.15) is 44.2 Å². The molecule has 15 heavy (non-hydrogen) atoms. The minimum Gasteiger partial charge on any atom is -0.361 e. The molecular weight excluding hydrogens is 190 g/mol. The summed E-state index contributed by atoms with van der Waals surface area (Å²) in [6.07, 6.45) is 0.971. The topological polar surface area (TPSA) is 43.1 Å². The number of Topliss-reactive ketones (excluding diaryl/α,β-unsaturated/α-hetero) is 1. The maximum atomic E-state index is 11.7. The van der Waals surface area contributed by atoms with Crippen LogP contribution in [-0.4, -0.2) is 10.9 Å². The van der Waals surface area contributed by atoms with E-state index in [1.807, 2.05) is 13.8 Å². The highest BCUT2D eigenvalue weighted by Gasteiger charge is 2.18. The molecule has 1 aromatic rings. The van der Waals surface area contributed by atoms with Gasteiger partial charge in [0.25, 0.3) is 0 Å². The van der Waals surface area contributed by atoms with Gasteiger partial charge < -0.3 is 4.52 Å². The predicted molar refractivity (Wildman–Crippen MR) is 58.8 cm³/mol. The molecular formula is C12H19NO2. The number of carbonyl (C=O) groups excluding carboxylic acids is 1. The molecule has 0 amide bonds. The third-order valence-corrected chi connectivity index (χ3v) is 2.35. The lowest BCUT2D eigenvalue weighted by molar-refractivity contribution is -0.120. The zero-order valence-corrected chi connectivity index (χ0v) is 10.2. The number of ketones is 1. The average Bonchev–Trinajstić information content (AvgIpc) is 2.32. The summed E-state index contributed by atoms with van der Waals surface area (Å²) >= 11 is 0. The summed E-state index contributed by atoms with van der Waals surface area (Å²) in [5.74, 6) is 1.02. The predicted octanol–water partition coefficient (Wildman–Crippen LogP) is 2.84. The van der Waals surface area contributed by atoms with Crippen molar-refractivity contribution in [2.24, 2.45) is 5.41 Å². The lowest BCUT2D eigenvalue weighted by Crippen LogP contribution is -2.15. The third-order valence-electron chi connectivity index (χ3n) is 2.35. The largest absolute Gasteiger partial charge is 0.361 e. The normalized spacial score (nSPS) is 11.8. The Morgan fingerprint density at radius 2 is 1.93 bits per heavy atom. The van der Waals surface area contributed by atoms with Crippen molar-refractivity contribution in [2.75, 3.05) is 0 Å². The minimum atomic E-state index is 0.0454. The van der Waals surface area contributed by atoms with Gasteiger partial charge in [0.15, 0.2) is 0 Å². The molecule has 0 radical (unpaired) electrons. The van der Waals surface area contributed by atoms with Gasteiger partial charge >= 0.3 is 0 Å². The van der Waals surface area contributed by atoms with E-state index in [2.05, 4.69) is 25.9 Å². The first-order valence-corrected chi connectivity index (χ1v) is 5.23. The maximum absolute atomic E-state index is 11.7. The van der Waals surface area contributed by atoms with Crippen LogP contribution < -0.4 is 0 Å². The molecule has 0 fully saturated rings. The van der Waals surface area contributed by atoms with E-state index in [9.17, 15) is 4.79 Å². The first-order valence-electron chi connectivity index (χ1n) is 5.23. The quantitative estimate of drug-likeness (QED) is 0.768. The SMILES string of the molecule is Cc1onc(CC(=O)CC(C)(C)C)c1C. The summed E-state index contributed by atoms with van der Waals surface area (Å²) in [6, 6.07) is 0. The molecule has 0 spiro atoms. The second-order valence-electron chi connectivity index (χ2n) is 5.26. The zero-order chi connectivity index (χ0) is 11.6. The van der Waals surface area contributed by atoms with Crippen molar-refractivity contribution in [1.29, 1.82) is 0 Å². The molecule has 1 heterocycles. The Morgan fingerprint density at radius 1 is 1.33 bits per heavy atom. The molecule has 0 aliphatic rings. The minimum absolute atomic E-state index is 0.0454. The number of aryl methyl sites for hydroxylation is 1. The Morgan fingerprint density at radius 3 is 2.33 bits per heavy atom. The molecule has 0 aromatic carbocycles. The van der Waals surface area contributed by atoms with Gasteiger partial charge in [0.2, 0.25) is 0 Å². The highest BCUT2D eigenvalue weighted by molar-refractivity contribution is 5.81. The zero-order valence-electron chi connectivity index (χ0n) is 10.2. The summed E-state index contributed by atoms with van der Waals surface area (Å²) in [7, 11) is 0. The van der Waals surface area contributed by atoms with Crippen LogP contribution in [0.3, 0.4) is 0 Å². The van der Waals surface area contributed by atoms with Crippen LogP contribution in [-0.2, 0) is 11.2 Å². The number of aromatic nitrogens is 1. The number of hydrogen-bond donors (Lipinski definition) is 0. The van der Waals surface area contributed by atoms with E-state index < -0.39 is 0 Å². The Kier molecular flexibility index (Phi) is 3.32. The third kappa shape index (κ3) is 3.50. The van der Waals surface area contributed by atoms with Gasteiger partial charge in [-0.2, -0.15) is 0 Å². The van der Waals surface area contributed by atoms with Crippen molar-refractivity contribution in [3.8, 4) is 0 Å². The van der Waals surface area contributed by atoms with E-state index in [0.717, 1.165) is 17.0 Å². The van der Waals surface area contributed by atoms with Crippen LogP contribution in [0.25, 0.3) is 0 Å². The van der Waals surface area contributed by atoms with Crippen molar-refractivity contribution >= 4 is 5.78 Å². The molecule has 0 aliphatic heterocycles. The van der Waals surface area contributed by atoms with Gasteiger partial charge in [0, 0.05) is 12.0 Å². The van der Waals surface area contributed by atoms with Crippen LogP contribution >= 0.6 is 0 Å². The lowest BCUT2D eigenvalue weighted by Gasteiger charge is -2.16. The van der Waals surface area contributed by atoms with Gasteiger partial charge in [-0.3, -0.25) is 4.79 Å². The van der Waals surface area contributed by atoms with Crippen molar-refractivity contribution in [1.82, 2.24) is 5.16 Å². The van der Waals surface area contributed by atoms with Gasteiger partial charge in [-0.05, 0) is 19.3 Å². The maximum Gasteiger partial charge on any atom is 0.139 e. The van der Waals surface area contributed by atoms with E-state index in [-0.39, 0.29) is 11.2 Å². The fourth-order valence-electron chi connectivity index (χ4n) is 1.47. The molecule has 84 valence electrons. The van der Waals surface area contributed by atoms with Gasteiger partial charge in [0.1, 0.15) is 11.5 Å². The van der Waals surface area contributed by atoms with Gasteiger partial charge in [0.05, 0.1) is 12.1 Å². The Labute approximate surface area is 90.8 Å². The second-order valence-corrected chi connectivity index (χ2v) is 5.26. The molecule has 0 atom stereocenters. The summed E-state index contributed by atoms with van der Waals surface area (Å²) in [4.78, 5) is 11.7. The molecule has 1 aromatic heterocycles.